The number of carbonyl (C=O) groups excluding carboxylic acids is 1. The number of rotatable bonds is 8. The molecular formula is C23H24F3N3O2. The van der Waals surface area contributed by atoms with Crippen LogP contribution in [0.5, 0.6) is 0 Å². The van der Waals surface area contributed by atoms with Gasteiger partial charge in [-0.25, -0.2) is 0 Å². The van der Waals surface area contributed by atoms with Crippen LogP contribution in [-0.2, 0) is 17.4 Å². The Hall–Kier alpha value is -3.13. The van der Waals surface area contributed by atoms with Gasteiger partial charge in [0, 0.05) is 13.1 Å². The number of aromatic nitrogens is 1. The van der Waals surface area contributed by atoms with Crippen molar-refractivity contribution >= 4 is 5.91 Å². The van der Waals surface area contributed by atoms with Gasteiger partial charge in [0.05, 0.1) is 17.3 Å². The molecule has 3 rings (SSSR count). The third-order valence-corrected chi connectivity index (χ3v) is 5.00. The van der Waals surface area contributed by atoms with Crippen LogP contribution in [0.1, 0.15) is 46.6 Å². The van der Waals surface area contributed by atoms with E-state index in [1.165, 1.54) is 12.1 Å². The third-order valence-electron chi connectivity index (χ3n) is 5.00. The van der Waals surface area contributed by atoms with Gasteiger partial charge in [-0.1, -0.05) is 47.6 Å². The lowest BCUT2D eigenvalue weighted by Crippen LogP contribution is -2.38. The fraction of sp³-hybridized carbons (Fsp3) is 0.304. The van der Waals surface area contributed by atoms with Gasteiger partial charge in [-0.15, -0.1) is 0 Å². The number of hydrogen-bond acceptors (Lipinski definition) is 4. The zero-order valence-electron chi connectivity index (χ0n) is 17.2. The van der Waals surface area contributed by atoms with Crippen LogP contribution in [-0.4, -0.2) is 18.1 Å². The van der Waals surface area contributed by atoms with Gasteiger partial charge in [-0.2, -0.15) is 13.2 Å². The van der Waals surface area contributed by atoms with E-state index in [1.54, 1.807) is 20.0 Å². The third kappa shape index (κ3) is 5.95. The van der Waals surface area contributed by atoms with Crippen LogP contribution >= 0.6 is 0 Å². The second kappa shape index (κ2) is 9.78. The van der Waals surface area contributed by atoms with Crippen molar-refractivity contribution in [2.75, 3.05) is 7.05 Å². The van der Waals surface area contributed by atoms with Gasteiger partial charge in [-0.05, 0) is 43.0 Å². The predicted molar refractivity (Wildman–Crippen MR) is 110 cm³/mol. The highest BCUT2D eigenvalue weighted by atomic mass is 19.4. The highest BCUT2D eigenvalue weighted by molar-refractivity contribution is 5.82. The Morgan fingerprint density at radius 2 is 1.77 bits per heavy atom. The Balaban J connectivity index is 1.80. The smallest absolute Gasteiger partial charge is 0.359 e. The Morgan fingerprint density at radius 1 is 1.10 bits per heavy atom. The van der Waals surface area contributed by atoms with Crippen LogP contribution < -0.4 is 10.6 Å². The average Bonchev–Trinajstić information content (AvgIpc) is 3.20. The summed E-state index contributed by atoms with van der Waals surface area (Å²) in [6.07, 6.45) is -3.37. The van der Waals surface area contributed by atoms with E-state index >= 15 is 0 Å². The number of nitrogens with zero attached hydrogens (tertiary/aromatic N) is 1. The summed E-state index contributed by atoms with van der Waals surface area (Å²) >= 11 is 0. The van der Waals surface area contributed by atoms with Crippen LogP contribution in [0, 0.1) is 6.92 Å². The number of alkyl halides is 3. The second-order valence-corrected chi connectivity index (χ2v) is 7.28. The molecule has 0 radical (unpaired) electrons. The average molecular weight is 431 g/mol. The lowest BCUT2D eigenvalue weighted by molar-refractivity contribution is -0.137. The molecule has 0 bridgehead atoms. The van der Waals surface area contributed by atoms with Crippen molar-refractivity contribution < 1.29 is 22.5 Å². The molecule has 0 aliphatic heterocycles. The molecule has 8 heteroatoms. The SMILES string of the molecule is CNC(=O)[C@H](N[C@H](CCc1ccc(C(F)(F)F)cc1)c1cc(C)no1)c1ccccc1. The number of halogens is 3. The first-order valence-corrected chi connectivity index (χ1v) is 9.90. The number of amides is 1. The standard InChI is InChI=1S/C23H24F3N3O2/c1-15-14-20(31-29-15)19(13-10-16-8-11-18(12-9-16)23(24,25)26)28-21(22(30)27-2)17-6-4-3-5-7-17/h3-9,11-12,14,19,21,28H,10,13H2,1-2H3,(H,27,30)/t19-,21-/m1/s1. The minimum Gasteiger partial charge on any atom is -0.359 e. The molecule has 2 aromatic carbocycles. The molecule has 2 N–H and O–H groups in total. The number of hydrogen-bond donors (Lipinski definition) is 2. The second-order valence-electron chi connectivity index (χ2n) is 7.28. The van der Waals surface area contributed by atoms with Gasteiger partial charge < -0.3 is 9.84 Å². The van der Waals surface area contributed by atoms with Crippen LogP contribution in [0.2, 0.25) is 0 Å². The first-order valence-electron chi connectivity index (χ1n) is 9.90. The minimum absolute atomic E-state index is 0.207. The van der Waals surface area contributed by atoms with Gasteiger partial charge in [-0.3, -0.25) is 10.1 Å². The lowest BCUT2D eigenvalue weighted by Gasteiger charge is -2.24. The quantitative estimate of drug-likeness (QED) is 0.540. The van der Waals surface area contributed by atoms with E-state index < -0.39 is 17.8 Å². The van der Waals surface area contributed by atoms with Crippen molar-refractivity contribution in [3.8, 4) is 0 Å². The Morgan fingerprint density at radius 3 is 2.32 bits per heavy atom. The van der Waals surface area contributed by atoms with Crippen molar-refractivity contribution in [1.82, 2.24) is 15.8 Å². The van der Waals surface area contributed by atoms with Crippen molar-refractivity contribution in [2.45, 2.75) is 38.0 Å². The summed E-state index contributed by atoms with van der Waals surface area (Å²) in [6, 6.07) is 15.2. The maximum atomic E-state index is 12.8. The summed E-state index contributed by atoms with van der Waals surface area (Å²) in [5.74, 6) is 0.358. The molecule has 3 aromatic rings. The monoisotopic (exact) mass is 431 g/mol. The fourth-order valence-electron chi connectivity index (χ4n) is 3.34. The van der Waals surface area contributed by atoms with Crippen LogP contribution in [0.4, 0.5) is 13.2 Å². The van der Waals surface area contributed by atoms with E-state index in [2.05, 4.69) is 15.8 Å². The molecule has 0 saturated carbocycles. The van der Waals surface area contributed by atoms with E-state index in [4.69, 9.17) is 4.52 Å². The minimum atomic E-state index is -4.36. The van der Waals surface area contributed by atoms with Gasteiger partial charge >= 0.3 is 6.18 Å². The summed E-state index contributed by atoms with van der Waals surface area (Å²) in [4.78, 5) is 12.6. The number of nitrogens with one attached hydrogen (secondary N) is 2. The molecule has 0 aliphatic carbocycles. The number of likely N-dealkylation sites (N-methyl/N-ethyl adjacent to an activating group) is 1. The molecule has 1 heterocycles. The largest absolute Gasteiger partial charge is 0.416 e. The van der Waals surface area contributed by atoms with E-state index in [9.17, 15) is 18.0 Å². The van der Waals surface area contributed by atoms with E-state index in [-0.39, 0.29) is 11.9 Å². The van der Waals surface area contributed by atoms with Crippen molar-refractivity contribution in [3.05, 3.63) is 88.8 Å². The normalized spacial score (nSPS) is 13.6. The molecule has 0 fully saturated rings. The first-order chi connectivity index (χ1) is 14.8. The molecule has 31 heavy (non-hydrogen) atoms. The van der Waals surface area contributed by atoms with Crippen LogP contribution in [0.25, 0.3) is 0 Å². The Bertz CT molecular complexity index is 985. The zero-order chi connectivity index (χ0) is 22.4. The van der Waals surface area contributed by atoms with Crippen LogP contribution in [0.3, 0.4) is 0 Å². The summed E-state index contributed by atoms with van der Waals surface area (Å²) in [5.41, 5.74) is 1.57. The van der Waals surface area contributed by atoms with Crippen molar-refractivity contribution in [1.29, 1.82) is 0 Å². The maximum absolute atomic E-state index is 12.8. The molecule has 0 unspecified atom stereocenters. The van der Waals surface area contributed by atoms with E-state index in [0.717, 1.165) is 23.3 Å². The number of benzene rings is 2. The van der Waals surface area contributed by atoms with E-state index in [1.807, 2.05) is 30.3 Å². The van der Waals surface area contributed by atoms with Crippen molar-refractivity contribution in [3.63, 3.8) is 0 Å². The van der Waals surface area contributed by atoms with Gasteiger partial charge in [0.2, 0.25) is 5.91 Å². The Labute approximate surface area is 178 Å². The summed E-state index contributed by atoms with van der Waals surface area (Å²) < 4.78 is 43.8. The first kappa shape index (κ1) is 22.6. The fourth-order valence-corrected chi connectivity index (χ4v) is 3.34. The number of carbonyl (C=O) groups is 1. The summed E-state index contributed by atoms with van der Waals surface area (Å²) in [7, 11) is 1.57. The molecular weight excluding hydrogens is 407 g/mol. The van der Waals surface area contributed by atoms with Gasteiger partial charge in [0.1, 0.15) is 6.04 Å². The molecule has 1 aromatic heterocycles. The summed E-state index contributed by atoms with van der Waals surface area (Å²) in [5, 5.41) is 9.93. The number of aryl methyl sites for hydroxylation is 2. The highest BCUT2D eigenvalue weighted by Crippen LogP contribution is 2.30. The lowest BCUT2D eigenvalue weighted by atomic mass is 9.99. The van der Waals surface area contributed by atoms with Gasteiger partial charge in [0.25, 0.3) is 0 Å². The van der Waals surface area contributed by atoms with Crippen LogP contribution in [0.15, 0.2) is 65.2 Å². The molecule has 0 spiro atoms. The highest BCUT2D eigenvalue weighted by Gasteiger charge is 2.30. The molecule has 0 saturated heterocycles. The zero-order valence-corrected chi connectivity index (χ0v) is 17.2. The van der Waals surface area contributed by atoms with E-state index in [0.29, 0.717) is 24.3 Å². The summed E-state index contributed by atoms with van der Waals surface area (Å²) in [6.45, 7) is 1.80. The molecule has 5 nitrogen and oxygen atoms in total. The molecule has 2 atom stereocenters. The maximum Gasteiger partial charge on any atom is 0.416 e. The molecule has 164 valence electrons. The topological polar surface area (TPSA) is 67.2 Å². The molecule has 0 aliphatic rings. The predicted octanol–water partition coefficient (Wildman–Crippen LogP) is 4.75. The van der Waals surface area contributed by atoms with Crippen molar-refractivity contribution in [2.24, 2.45) is 0 Å². The Kier molecular flexibility index (Phi) is 7.12. The van der Waals surface area contributed by atoms with Gasteiger partial charge in [0.15, 0.2) is 5.76 Å². The molecule has 1 amide bonds.